The number of hydrogen-bond acceptors (Lipinski definition) is 2. The summed E-state index contributed by atoms with van der Waals surface area (Å²) in [5.41, 5.74) is 0.899. The van der Waals surface area contributed by atoms with Gasteiger partial charge in [0.15, 0.2) is 0 Å². The van der Waals surface area contributed by atoms with Gasteiger partial charge in [-0.15, -0.1) is 0 Å². The summed E-state index contributed by atoms with van der Waals surface area (Å²) >= 11 is 5.75. The van der Waals surface area contributed by atoms with E-state index in [1.807, 2.05) is 12.1 Å². The minimum Gasteiger partial charge on any atom is -0.355 e. The van der Waals surface area contributed by atoms with Crippen LogP contribution in [0.3, 0.4) is 0 Å². The number of carbonyl (C=O) groups excluding carboxylic acids is 2. The van der Waals surface area contributed by atoms with Crippen LogP contribution < -0.4 is 10.6 Å². The van der Waals surface area contributed by atoms with E-state index in [4.69, 9.17) is 11.6 Å². The lowest BCUT2D eigenvalue weighted by atomic mass is 10.2. The molecule has 1 rings (SSSR count). The molecule has 5 heteroatoms. The molecule has 18 heavy (non-hydrogen) atoms. The van der Waals surface area contributed by atoms with Crippen LogP contribution in [0, 0.1) is 0 Å². The van der Waals surface area contributed by atoms with Crippen molar-refractivity contribution in [3.63, 3.8) is 0 Å². The summed E-state index contributed by atoms with van der Waals surface area (Å²) in [6.07, 6.45) is 3.14. The molecule has 4 nitrogen and oxygen atoms in total. The number of hydrogen-bond donors (Lipinski definition) is 2. The third-order valence-corrected chi connectivity index (χ3v) is 2.35. The Kier molecular flexibility index (Phi) is 5.94. The predicted molar refractivity (Wildman–Crippen MR) is 72.2 cm³/mol. The van der Waals surface area contributed by atoms with Gasteiger partial charge in [0.05, 0.1) is 0 Å². The van der Waals surface area contributed by atoms with Gasteiger partial charge >= 0.3 is 0 Å². The molecule has 2 amide bonds. The lowest BCUT2D eigenvalue weighted by Gasteiger charge is -2.02. The number of amides is 2. The average Bonchev–Trinajstić information content (AvgIpc) is 2.34. The van der Waals surface area contributed by atoms with Gasteiger partial charge in [0.1, 0.15) is 0 Å². The number of nitrogens with one attached hydrogen (secondary N) is 2. The summed E-state index contributed by atoms with van der Waals surface area (Å²) in [6, 6.07) is 7.17. The van der Waals surface area contributed by atoms with Crippen LogP contribution in [0.25, 0.3) is 6.08 Å². The maximum atomic E-state index is 11.4. The van der Waals surface area contributed by atoms with Gasteiger partial charge < -0.3 is 10.6 Å². The second-order valence-corrected chi connectivity index (χ2v) is 4.10. The van der Waals surface area contributed by atoms with Crippen molar-refractivity contribution >= 4 is 29.5 Å². The normalized spacial score (nSPS) is 10.3. The zero-order chi connectivity index (χ0) is 13.4. The van der Waals surface area contributed by atoms with Crippen molar-refractivity contribution in [3.05, 3.63) is 40.9 Å². The van der Waals surface area contributed by atoms with E-state index in [0.29, 0.717) is 18.1 Å². The first-order chi connectivity index (χ1) is 8.58. The van der Waals surface area contributed by atoms with Crippen molar-refractivity contribution in [2.24, 2.45) is 0 Å². The lowest BCUT2D eigenvalue weighted by Crippen LogP contribution is -2.32. The van der Waals surface area contributed by atoms with E-state index in [1.54, 1.807) is 18.2 Å². The molecule has 0 aliphatic rings. The minimum atomic E-state index is -0.199. The van der Waals surface area contributed by atoms with E-state index in [2.05, 4.69) is 10.6 Å². The van der Waals surface area contributed by atoms with Gasteiger partial charge in [0.2, 0.25) is 11.8 Å². The van der Waals surface area contributed by atoms with Crippen molar-refractivity contribution < 1.29 is 9.59 Å². The van der Waals surface area contributed by atoms with E-state index in [-0.39, 0.29) is 11.8 Å². The van der Waals surface area contributed by atoms with E-state index >= 15 is 0 Å². The van der Waals surface area contributed by atoms with Crippen LogP contribution >= 0.6 is 11.6 Å². The highest BCUT2D eigenvalue weighted by Gasteiger charge is 1.95. The number of halogens is 1. The summed E-state index contributed by atoms with van der Waals surface area (Å²) in [5.74, 6) is -0.309. The van der Waals surface area contributed by atoms with Crippen molar-refractivity contribution in [1.82, 2.24) is 10.6 Å². The summed E-state index contributed by atoms with van der Waals surface area (Å²) < 4.78 is 0. The fraction of sp³-hybridized carbons (Fsp3) is 0.231. The van der Waals surface area contributed by atoms with Gasteiger partial charge in [-0.3, -0.25) is 9.59 Å². The van der Waals surface area contributed by atoms with Crippen LogP contribution in [0.4, 0.5) is 0 Å². The van der Waals surface area contributed by atoms with Gasteiger partial charge in [-0.25, -0.2) is 0 Å². The molecule has 96 valence electrons. The van der Waals surface area contributed by atoms with E-state index in [1.165, 1.54) is 13.0 Å². The highest BCUT2D eigenvalue weighted by atomic mass is 35.5. The van der Waals surface area contributed by atoms with Crippen LogP contribution in [-0.2, 0) is 9.59 Å². The monoisotopic (exact) mass is 266 g/mol. The minimum absolute atomic E-state index is 0.110. The van der Waals surface area contributed by atoms with Gasteiger partial charge in [-0.2, -0.15) is 0 Å². The van der Waals surface area contributed by atoms with Gasteiger partial charge in [-0.1, -0.05) is 23.7 Å². The van der Waals surface area contributed by atoms with Crippen LogP contribution in [0.15, 0.2) is 30.3 Å². The SMILES string of the molecule is CC(=O)NCCNC(=O)/C=C/c1ccc(Cl)cc1. The first-order valence-electron chi connectivity index (χ1n) is 5.54. The first-order valence-corrected chi connectivity index (χ1v) is 5.91. The smallest absolute Gasteiger partial charge is 0.244 e. The first kappa shape index (κ1) is 14.3. The molecular weight excluding hydrogens is 252 g/mol. The maximum absolute atomic E-state index is 11.4. The topological polar surface area (TPSA) is 58.2 Å². The van der Waals surface area contributed by atoms with E-state index in [0.717, 1.165) is 5.56 Å². The Bertz CT molecular complexity index is 441. The Labute approximate surface area is 111 Å². The lowest BCUT2D eigenvalue weighted by molar-refractivity contribution is -0.119. The molecule has 0 aliphatic heterocycles. The second-order valence-electron chi connectivity index (χ2n) is 3.66. The van der Waals surface area contributed by atoms with E-state index in [9.17, 15) is 9.59 Å². The molecule has 0 unspecified atom stereocenters. The number of rotatable bonds is 5. The van der Waals surface area contributed by atoms with Crippen molar-refractivity contribution in [1.29, 1.82) is 0 Å². The number of benzene rings is 1. The average molecular weight is 267 g/mol. The number of carbonyl (C=O) groups is 2. The third kappa shape index (κ3) is 6.06. The fourth-order valence-electron chi connectivity index (χ4n) is 1.23. The fourth-order valence-corrected chi connectivity index (χ4v) is 1.35. The third-order valence-electron chi connectivity index (χ3n) is 2.10. The molecule has 0 aromatic heterocycles. The molecule has 0 saturated heterocycles. The van der Waals surface area contributed by atoms with Crippen LogP contribution in [0.1, 0.15) is 12.5 Å². The molecule has 0 fully saturated rings. The van der Waals surface area contributed by atoms with Crippen LogP contribution in [-0.4, -0.2) is 24.9 Å². The Morgan fingerprint density at radius 2 is 1.78 bits per heavy atom. The highest BCUT2D eigenvalue weighted by Crippen LogP contribution is 2.10. The largest absolute Gasteiger partial charge is 0.355 e. The summed E-state index contributed by atoms with van der Waals surface area (Å²) in [4.78, 5) is 22.0. The Morgan fingerprint density at radius 1 is 1.17 bits per heavy atom. The molecule has 1 aromatic carbocycles. The molecule has 0 heterocycles. The summed E-state index contributed by atoms with van der Waals surface area (Å²) in [5, 5.41) is 5.90. The molecular formula is C13H15ClN2O2. The molecule has 0 atom stereocenters. The zero-order valence-corrected chi connectivity index (χ0v) is 10.8. The highest BCUT2D eigenvalue weighted by molar-refractivity contribution is 6.30. The van der Waals surface area contributed by atoms with Crippen molar-refractivity contribution in [3.8, 4) is 0 Å². The van der Waals surface area contributed by atoms with Gasteiger partial charge in [0.25, 0.3) is 0 Å². The molecule has 0 bridgehead atoms. The molecule has 1 aromatic rings. The standard InChI is InChI=1S/C13H15ClN2O2/c1-10(17)15-8-9-16-13(18)7-4-11-2-5-12(14)6-3-11/h2-7H,8-9H2,1H3,(H,15,17)(H,16,18)/b7-4+. The van der Waals surface area contributed by atoms with Crippen LogP contribution in [0.2, 0.25) is 5.02 Å². The summed E-state index contributed by atoms with van der Waals surface area (Å²) in [6.45, 7) is 2.27. The second kappa shape index (κ2) is 7.50. The Hall–Kier alpha value is -1.81. The molecule has 2 N–H and O–H groups in total. The Morgan fingerprint density at radius 3 is 2.39 bits per heavy atom. The van der Waals surface area contributed by atoms with Gasteiger partial charge in [0, 0.05) is 31.1 Å². The predicted octanol–water partition coefficient (Wildman–Crippen LogP) is 1.61. The Balaban J connectivity index is 2.31. The molecule has 0 radical (unpaired) electrons. The van der Waals surface area contributed by atoms with Crippen molar-refractivity contribution in [2.45, 2.75) is 6.92 Å². The molecule has 0 aliphatic carbocycles. The summed E-state index contributed by atoms with van der Waals surface area (Å²) in [7, 11) is 0. The molecule has 0 saturated carbocycles. The van der Waals surface area contributed by atoms with Gasteiger partial charge in [-0.05, 0) is 23.8 Å². The zero-order valence-electron chi connectivity index (χ0n) is 10.1. The van der Waals surface area contributed by atoms with Crippen LogP contribution in [0.5, 0.6) is 0 Å². The van der Waals surface area contributed by atoms with Crippen molar-refractivity contribution in [2.75, 3.05) is 13.1 Å². The maximum Gasteiger partial charge on any atom is 0.244 e. The van der Waals surface area contributed by atoms with E-state index < -0.39 is 0 Å². The quantitative estimate of drug-likeness (QED) is 0.628. The molecule has 0 spiro atoms.